The normalized spacial score (nSPS) is 21.9. The van der Waals surface area contributed by atoms with Crippen molar-refractivity contribution in [2.45, 2.75) is 52.1 Å². The molecule has 158 valence electrons. The molecule has 1 aromatic carbocycles. The molecule has 2 aliphatic heterocycles. The number of carbonyl (C=O) groups is 3. The van der Waals surface area contributed by atoms with Gasteiger partial charge in [0, 0.05) is 6.04 Å². The van der Waals surface area contributed by atoms with Gasteiger partial charge in [-0.3, -0.25) is 14.5 Å². The van der Waals surface area contributed by atoms with Gasteiger partial charge in [0.1, 0.15) is 25.3 Å². The molecule has 1 fully saturated rings. The Morgan fingerprint density at radius 3 is 2.55 bits per heavy atom. The lowest BCUT2D eigenvalue weighted by Crippen LogP contribution is -2.45. The summed E-state index contributed by atoms with van der Waals surface area (Å²) in [6.45, 7) is 8.39. The quantitative estimate of drug-likeness (QED) is 0.680. The number of ether oxygens (including phenoxy) is 2. The first kappa shape index (κ1) is 21.0. The van der Waals surface area contributed by atoms with E-state index in [1.165, 1.54) is 0 Å². The Kier molecular flexibility index (Phi) is 6.00. The van der Waals surface area contributed by atoms with E-state index in [0.29, 0.717) is 36.2 Å². The number of urea groups is 1. The van der Waals surface area contributed by atoms with Gasteiger partial charge in [-0.25, -0.2) is 4.79 Å². The van der Waals surface area contributed by atoms with Gasteiger partial charge in [-0.2, -0.15) is 0 Å². The van der Waals surface area contributed by atoms with Crippen LogP contribution >= 0.6 is 0 Å². The van der Waals surface area contributed by atoms with Gasteiger partial charge < -0.3 is 20.1 Å². The van der Waals surface area contributed by atoms with Crippen molar-refractivity contribution in [3.8, 4) is 11.5 Å². The zero-order chi connectivity index (χ0) is 21.2. The molecule has 3 rings (SSSR count). The fourth-order valence-corrected chi connectivity index (χ4v) is 3.51. The van der Waals surface area contributed by atoms with E-state index in [1.807, 2.05) is 6.92 Å². The number of hydrogen-bond acceptors (Lipinski definition) is 5. The van der Waals surface area contributed by atoms with E-state index < -0.39 is 17.5 Å². The lowest BCUT2D eigenvalue weighted by atomic mass is 9.91. The number of amides is 4. The number of benzene rings is 1. The predicted molar refractivity (Wildman–Crippen MR) is 107 cm³/mol. The molecular formula is C21H29N3O5. The molecule has 1 saturated heterocycles. The Labute approximate surface area is 170 Å². The Morgan fingerprint density at radius 2 is 1.86 bits per heavy atom. The van der Waals surface area contributed by atoms with Gasteiger partial charge in [0.25, 0.3) is 5.91 Å². The smallest absolute Gasteiger partial charge is 0.325 e. The van der Waals surface area contributed by atoms with Crippen molar-refractivity contribution in [1.82, 2.24) is 15.5 Å². The fourth-order valence-electron chi connectivity index (χ4n) is 3.51. The average molecular weight is 403 g/mol. The molecule has 0 saturated carbocycles. The number of nitrogens with zero attached hydrogens (tertiary/aromatic N) is 1. The van der Waals surface area contributed by atoms with Crippen LogP contribution in [0, 0.1) is 5.92 Å². The second-order valence-electron chi connectivity index (χ2n) is 8.24. The molecule has 0 aromatic heterocycles. The van der Waals surface area contributed by atoms with Crippen molar-refractivity contribution in [3.05, 3.63) is 23.8 Å². The molecule has 4 amide bonds. The van der Waals surface area contributed by atoms with Crippen molar-refractivity contribution in [1.29, 1.82) is 0 Å². The summed E-state index contributed by atoms with van der Waals surface area (Å²) in [7, 11) is 0. The number of carbonyl (C=O) groups excluding carboxylic acids is 3. The van der Waals surface area contributed by atoms with Crippen LogP contribution in [0.25, 0.3) is 0 Å². The first-order chi connectivity index (χ1) is 13.7. The summed E-state index contributed by atoms with van der Waals surface area (Å²) < 4.78 is 11.1. The molecule has 0 aliphatic carbocycles. The Balaban J connectivity index is 1.68. The molecule has 29 heavy (non-hydrogen) atoms. The van der Waals surface area contributed by atoms with Crippen molar-refractivity contribution in [3.63, 3.8) is 0 Å². The zero-order valence-corrected chi connectivity index (χ0v) is 17.4. The molecule has 2 heterocycles. The summed E-state index contributed by atoms with van der Waals surface area (Å²) in [6, 6.07) is 4.54. The van der Waals surface area contributed by atoms with E-state index in [1.54, 1.807) is 25.1 Å². The van der Waals surface area contributed by atoms with E-state index in [4.69, 9.17) is 9.47 Å². The van der Waals surface area contributed by atoms with E-state index >= 15 is 0 Å². The highest BCUT2D eigenvalue weighted by molar-refractivity contribution is 6.09. The lowest BCUT2D eigenvalue weighted by Gasteiger charge is -2.25. The van der Waals surface area contributed by atoms with Gasteiger partial charge >= 0.3 is 6.03 Å². The van der Waals surface area contributed by atoms with Crippen LogP contribution in [0.4, 0.5) is 4.79 Å². The van der Waals surface area contributed by atoms with E-state index in [9.17, 15) is 14.4 Å². The topological polar surface area (TPSA) is 97.0 Å². The van der Waals surface area contributed by atoms with Crippen molar-refractivity contribution in [2.24, 2.45) is 5.92 Å². The summed E-state index contributed by atoms with van der Waals surface area (Å²) >= 11 is 0. The van der Waals surface area contributed by atoms with Crippen LogP contribution < -0.4 is 20.1 Å². The van der Waals surface area contributed by atoms with Crippen LogP contribution in [-0.2, 0) is 15.1 Å². The summed E-state index contributed by atoms with van der Waals surface area (Å²) in [5.41, 5.74) is -0.690. The highest BCUT2D eigenvalue weighted by Gasteiger charge is 2.49. The first-order valence-corrected chi connectivity index (χ1v) is 10.0. The van der Waals surface area contributed by atoms with Crippen molar-refractivity contribution >= 4 is 17.8 Å². The Morgan fingerprint density at radius 1 is 1.17 bits per heavy atom. The number of hydrogen-bond donors (Lipinski definition) is 2. The molecule has 2 aliphatic rings. The van der Waals surface area contributed by atoms with Gasteiger partial charge in [0.05, 0.1) is 0 Å². The summed E-state index contributed by atoms with van der Waals surface area (Å²) in [6.07, 6.45) is 1.84. The maximum Gasteiger partial charge on any atom is 0.325 e. The third kappa shape index (κ3) is 4.46. The minimum atomic E-state index is -1.27. The Hall–Kier alpha value is -2.77. The molecule has 0 unspecified atom stereocenters. The minimum Gasteiger partial charge on any atom is -0.486 e. The second-order valence-corrected chi connectivity index (χ2v) is 8.24. The van der Waals surface area contributed by atoms with Crippen LogP contribution in [0.1, 0.15) is 46.1 Å². The minimum absolute atomic E-state index is 0.0187. The molecule has 0 bridgehead atoms. The highest BCUT2D eigenvalue weighted by atomic mass is 16.6. The van der Waals surface area contributed by atoms with E-state index in [2.05, 4.69) is 24.5 Å². The third-order valence-electron chi connectivity index (χ3n) is 5.28. The van der Waals surface area contributed by atoms with Crippen LogP contribution in [0.2, 0.25) is 0 Å². The molecule has 2 atom stereocenters. The van der Waals surface area contributed by atoms with E-state index in [-0.39, 0.29) is 18.5 Å². The average Bonchev–Trinajstić information content (AvgIpc) is 2.90. The summed E-state index contributed by atoms with van der Waals surface area (Å²) in [5.74, 6) is 0.867. The van der Waals surface area contributed by atoms with Gasteiger partial charge in [-0.15, -0.1) is 0 Å². The van der Waals surface area contributed by atoms with Crippen LogP contribution in [0.5, 0.6) is 11.5 Å². The Bertz CT molecular complexity index is 810. The van der Waals surface area contributed by atoms with Gasteiger partial charge in [0.15, 0.2) is 11.5 Å². The van der Waals surface area contributed by atoms with Crippen LogP contribution in [0.15, 0.2) is 18.2 Å². The van der Waals surface area contributed by atoms with Crippen molar-refractivity contribution in [2.75, 3.05) is 19.8 Å². The van der Waals surface area contributed by atoms with Crippen molar-refractivity contribution < 1.29 is 23.9 Å². The third-order valence-corrected chi connectivity index (χ3v) is 5.28. The monoisotopic (exact) mass is 403 g/mol. The molecular weight excluding hydrogens is 374 g/mol. The molecule has 8 heteroatoms. The second kappa shape index (κ2) is 8.31. The maximum atomic E-state index is 13.0. The standard InChI is InChI=1S/C21H29N3O5/c1-13(2)5-6-14(3)22-18(25)12-24-19(26)21(4,23-20(24)27)15-7-8-16-17(11-15)29-10-9-28-16/h7-8,11,13-14H,5-6,9-10,12H2,1-4H3,(H,22,25)(H,23,27)/t14-,21-/m0/s1. The maximum absolute atomic E-state index is 13.0. The van der Waals surface area contributed by atoms with E-state index in [0.717, 1.165) is 17.7 Å². The predicted octanol–water partition coefficient (Wildman–Crippen LogP) is 2.17. The lowest BCUT2D eigenvalue weighted by molar-refractivity contribution is -0.135. The van der Waals surface area contributed by atoms with Crippen LogP contribution in [-0.4, -0.2) is 48.5 Å². The summed E-state index contributed by atoms with van der Waals surface area (Å²) in [5, 5.41) is 5.58. The highest BCUT2D eigenvalue weighted by Crippen LogP contribution is 2.36. The number of nitrogens with one attached hydrogen (secondary N) is 2. The van der Waals surface area contributed by atoms with Gasteiger partial charge in [-0.05, 0) is 50.3 Å². The first-order valence-electron chi connectivity index (χ1n) is 10.0. The van der Waals surface area contributed by atoms with Gasteiger partial charge in [0.2, 0.25) is 5.91 Å². The SMILES string of the molecule is CC(C)CC[C@H](C)NC(=O)CN1C(=O)N[C@@](C)(c2ccc3c(c2)OCCO3)C1=O. The largest absolute Gasteiger partial charge is 0.486 e. The molecule has 0 radical (unpaired) electrons. The fraction of sp³-hybridized carbons (Fsp3) is 0.571. The summed E-state index contributed by atoms with van der Waals surface area (Å²) in [4.78, 5) is 38.8. The molecule has 8 nitrogen and oxygen atoms in total. The van der Waals surface area contributed by atoms with Crippen LogP contribution in [0.3, 0.4) is 0 Å². The molecule has 2 N–H and O–H groups in total. The number of fused-ring (bicyclic) bond motifs is 1. The molecule has 0 spiro atoms. The number of imide groups is 1. The zero-order valence-electron chi connectivity index (χ0n) is 17.4. The van der Waals surface area contributed by atoms with Gasteiger partial charge in [-0.1, -0.05) is 19.9 Å². The molecule has 1 aromatic rings. The number of rotatable bonds is 7.